The monoisotopic (exact) mass is 383 g/mol. The maximum atomic E-state index is 2.26. The third-order valence-corrected chi connectivity index (χ3v) is 2.64. The molecule has 1 aromatic rings. The molecular formula is C15H16Re. The maximum absolute atomic E-state index is 2.26. The van der Waals surface area contributed by atoms with Crippen molar-refractivity contribution >= 4 is 5.57 Å². The minimum Gasteiger partial charge on any atom is -0.0687 e. The molecule has 0 unspecified atom stereocenters. The molecule has 1 radical (unpaired) electrons. The van der Waals surface area contributed by atoms with Gasteiger partial charge in [0.25, 0.3) is 0 Å². The fourth-order valence-electron chi connectivity index (χ4n) is 1.93. The molecule has 0 fully saturated rings. The Balaban J connectivity index is 0.00000128. The summed E-state index contributed by atoms with van der Waals surface area (Å²) in [4.78, 5) is 0. The normalized spacial score (nSPS) is 15.2. The number of benzene rings is 1. The van der Waals surface area contributed by atoms with Gasteiger partial charge in [0.1, 0.15) is 0 Å². The average Bonchev–Trinajstić information content (AvgIpc) is 2.41. The van der Waals surface area contributed by atoms with Crippen LogP contribution in [-0.2, 0) is 20.4 Å². The number of hydrogen-bond acceptors (Lipinski definition) is 0. The molecule has 1 aromatic carbocycles. The van der Waals surface area contributed by atoms with E-state index in [0.717, 1.165) is 6.42 Å². The second-order valence-electron chi connectivity index (χ2n) is 4.14. The zero-order valence-corrected chi connectivity index (χ0v) is 12.4. The van der Waals surface area contributed by atoms with E-state index in [1.165, 1.54) is 22.3 Å². The quantitative estimate of drug-likeness (QED) is 0.677. The molecule has 0 amide bonds. The van der Waals surface area contributed by atoms with Crippen molar-refractivity contribution in [2.45, 2.75) is 20.3 Å². The van der Waals surface area contributed by atoms with Gasteiger partial charge in [-0.25, -0.2) is 0 Å². The van der Waals surface area contributed by atoms with E-state index in [1.807, 2.05) is 0 Å². The topological polar surface area (TPSA) is 0 Å². The molecule has 0 saturated carbocycles. The first-order valence-electron chi connectivity index (χ1n) is 5.36. The molecule has 2 rings (SSSR count). The van der Waals surface area contributed by atoms with Crippen molar-refractivity contribution in [3.63, 3.8) is 0 Å². The Labute approximate surface area is 111 Å². The fraction of sp³-hybridized carbons (Fsp3) is 0.200. The van der Waals surface area contributed by atoms with Crippen LogP contribution in [-0.4, -0.2) is 0 Å². The Bertz CT molecular complexity index is 436. The van der Waals surface area contributed by atoms with Crippen LogP contribution in [0.25, 0.3) is 5.57 Å². The standard InChI is InChI=1S/C15H16.Re/c1-12-8-9-15(11-13(2)10-12)14-6-4-3-5-7-14;/h3-10H,11H2,1-2H3;. The molecule has 0 bridgehead atoms. The molecule has 0 saturated heterocycles. The van der Waals surface area contributed by atoms with E-state index in [0.29, 0.717) is 0 Å². The Hall–Kier alpha value is -0.898. The molecule has 0 spiro atoms. The summed E-state index contributed by atoms with van der Waals surface area (Å²) in [7, 11) is 0. The molecule has 1 aliphatic carbocycles. The van der Waals surface area contributed by atoms with E-state index in [4.69, 9.17) is 0 Å². The molecule has 16 heavy (non-hydrogen) atoms. The largest absolute Gasteiger partial charge is 0.0687 e. The van der Waals surface area contributed by atoms with Gasteiger partial charge in [0, 0.05) is 20.4 Å². The number of allylic oxidation sites excluding steroid dienone is 6. The van der Waals surface area contributed by atoms with Crippen LogP contribution in [0.5, 0.6) is 0 Å². The van der Waals surface area contributed by atoms with E-state index in [1.54, 1.807) is 0 Å². The second-order valence-corrected chi connectivity index (χ2v) is 4.14. The van der Waals surface area contributed by atoms with Crippen molar-refractivity contribution in [1.82, 2.24) is 0 Å². The first-order chi connectivity index (χ1) is 7.25. The van der Waals surface area contributed by atoms with Gasteiger partial charge in [0.15, 0.2) is 0 Å². The van der Waals surface area contributed by atoms with Crippen LogP contribution >= 0.6 is 0 Å². The minimum atomic E-state index is 0. The van der Waals surface area contributed by atoms with Gasteiger partial charge in [0.05, 0.1) is 0 Å². The molecule has 0 aromatic heterocycles. The molecular weight excluding hydrogens is 366 g/mol. The van der Waals surface area contributed by atoms with Gasteiger partial charge in [-0.15, -0.1) is 0 Å². The van der Waals surface area contributed by atoms with Gasteiger partial charge in [-0.05, 0) is 31.4 Å². The summed E-state index contributed by atoms with van der Waals surface area (Å²) in [6, 6.07) is 10.6. The van der Waals surface area contributed by atoms with Crippen LogP contribution in [0.15, 0.2) is 59.7 Å². The SMILES string of the molecule is CC1=CC=C(c2ccccc2)CC(C)=C1.[Re]. The molecule has 0 nitrogen and oxygen atoms in total. The average molecular weight is 382 g/mol. The Morgan fingerprint density at radius 1 is 0.938 bits per heavy atom. The summed E-state index contributed by atoms with van der Waals surface area (Å²) < 4.78 is 0. The van der Waals surface area contributed by atoms with Gasteiger partial charge < -0.3 is 0 Å². The van der Waals surface area contributed by atoms with E-state index in [2.05, 4.69) is 62.4 Å². The van der Waals surface area contributed by atoms with Crippen molar-refractivity contribution in [2.75, 3.05) is 0 Å². The van der Waals surface area contributed by atoms with Crippen molar-refractivity contribution < 1.29 is 20.4 Å². The van der Waals surface area contributed by atoms with Crippen molar-refractivity contribution in [2.24, 2.45) is 0 Å². The van der Waals surface area contributed by atoms with Crippen molar-refractivity contribution in [1.29, 1.82) is 0 Å². The molecule has 83 valence electrons. The minimum absolute atomic E-state index is 0. The van der Waals surface area contributed by atoms with Gasteiger partial charge in [-0.1, -0.05) is 59.7 Å². The van der Waals surface area contributed by atoms with Crippen LogP contribution in [0.4, 0.5) is 0 Å². The van der Waals surface area contributed by atoms with E-state index < -0.39 is 0 Å². The van der Waals surface area contributed by atoms with E-state index in [9.17, 15) is 0 Å². The molecule has 1 heteroatoms. The summed E-state index contributed by atoms with van der Waals surface area (Å²) in [5.74, 6) is 0. The summed E-state index contributed by atoms with van der Waals surface area (Å²) >= 11 is 0. The first kappa shape index (κ1) is 13.2. The van der Waals surface area contributed by atoms with Crippen molar-refractivity contribution in [3.05, 3.63) is 65.3 Å². The van der Waals surface area contributed by atoms with Crippen LogP contribution in [0, 0.1) is 0 Å². The van der Waals surface area contributed by atoms with E-state index in [-0.39, 0.29) is 20.4 Å². The van der Waals surface area contributed by atoms with Gasteiger partial charge >= 0.3 is 0 Å². The number of rotatable bonds is 1. The van der Waals surface area contributed by atoms with Gasteiger partial charge in [-0.2, -0.15) is 0 Å². The van der Waals surface area contributed by atoms with Crippen LogP contribution < -0.4 is 0 Å². The van der Waals surface area contributed by atoms with Gasteiger partial charge in [-0.3, -0.25) is 0 Å². The van der Waals surface area contributed by atoms with Crippen LogP contribution in [0.2, 0.25) is 0 Å². The number of hydrogen-bond donors (Lipinski definition) is 0. The third-order valence-electron chi connectivity index (χ3n) is 2.64. The molecule has 0 aliphatic heterocycles. The first-order valence-corrected chi connectivity index (χ1v) is 5.36. The summed E-state index contributed by atoms with van der Waals surface area (Å²) in [6.45, 7) is 4.34. The summed E-state index contributed by atoms with van der Waals surface area (Å²) in [5, 5.41) is 0. The van der Waals surface area contributed by atoms with Gasteiger partial charge in [0.2, 0.25) is 0 Å². The predicted octanol–water partition coefficient (Wildman–Crippen LogP) is 4.36. The molecule has 0 heterocycles. The predicted molar refractivity (Wildman–Crippen MR) is 66.6 cm³/mol. The second kappa shape index (κ2) is 5.99. The zero-order chi connectivity index (χ0) is 10.7. The maximum Gasteiger partial charge on any atom is 0 e. The van der Waals surface area contributed by atoms with Crippen LogP contribution in [0.3, 0.4) is 0 Å². The molecule has 0 atom stereocenters. The van der Waals surface area contributed by atoms with Crippen LogP contribution in [0.1, 0.15) is 25.8 Å². The Kier molecular flexibility index (Phi) is 4.93. The molecule has 0 N–H and O–H groups in total. The Morgan fingerprint density at radius 2 is 1.62 bits per heavy atom. The smallest absolute Gasteiger partial charge is 0 e. The fourth-order valence-corrected chi connectivity index (χ4v) is 1.93. The van der Waals surface area contributed by atoms with Crippen molar-refractivity contribution in [3.8, 4) is 0 Å². The molecule has 1 aliphatic rings. The Morgan fingerprint density at radius 3 is 2.31 bits per heavy atom. The van der Waals surface area contributed by atoms with E-state index >= 15 is 0 Å². The summed E-state index contributed by atoms with van der Waals surface area (Å²) in [6.07, 6.45) is 7.74. The summed E-state index contributed by atoms with van der Waals surface area (Å²) in [5.41, 5.74) is 5.49. The third kappa shape index (κ3) is 3.30. The zero-order valence-electron chi connectivity index (χ0n) is 9.70.